The lowest BCUT2D eigenvalue weighted by atomic mass is 10.1. The smallest absolute Gasteiger partial charge is 0.259 e. The van der Waals surface area contributed by atoms with Gasteiger partial charge in [0.05, 0.1) is 12.2 Å². The predicted molar refractivity (Wildman–Crippen MR) is 120 cm³/mol. The van der Waals surface area contributed by atoms with E-state index in [0.717, 1.165) is 5.56 Å². The van der Waals surface area contributed by atoms with Gasteiger partial charge in [0, 0.05) is 25.8 Å². The summed E-state index contributed by atoms with van der Waals surface area (Å²) in [7, 11) is 1.67. The lowest BCUT2D eigenvalue weighted by Gasteiger charge is -2.18. The van der Waals surface area contributed by atoms with Gasteiger partial charge in [0.15, 0.2) is 0 Å². The number of hydrogen-bond acceptors (Lipinski definition) is 6. The number of nitrogens with one attached hydrogen (secondary N) is 1. The van der Waals surface area contributed by atoms with Crippen LogP contribution in [-0.4, -0.2) is 48.7 Å². The maximum absolute atomic E-state index is 13.2. The zero-order valence-corrected chi connectivity index (χ0v) is 18.8. The first-order chi connectivity index (χ1) is 15.9. The van der Waals surface area contributed by atoms with Crippen LogP contribution in [0.15, 0.2) is 53.3 Å². The SMILES string of the molecule is CCOCCN(C)C(=O)c1ccc(OCc2ccc(F)cc2)c(C(=O)Nc2conc2C)c1. The number of anilines is 1. The molecule has 2 aromatic carbocycles. The zero-order chi connectivity index (χ0) is 23.8. The molecule has 0 aliphatic rings. The summed E-state index contributed by atoms with van der Waals surface area (Å²) in [5.74, 6) is -0.810. The number of aryl methyl sites for hydroxylation is 1. The summed E-state index contributed by atoms with van der Waals surface area (Å²) in [5, 5.41) is 6.47. The van der Waals surface area contributed by atoms with Gasteiger partial charge >= 0.3 is 0 Å². The number of likely N-dealkylation sites (N-methyl/N-ethyl adjacent to an activating group) is 1. The fraction of sp³-hybridized carbons (Fsp3) is 0.292. The number of hydrogen-bond donors (Lipinski definition) is 1. The Hall–Kier alpha value is -3.72. The fourth-order valence-corrected chi connectivity index (χ4v) is 2.98. The number of halogens is 1. The molecule has 0 radical (unpaired) electrons. The van der Waals surface area contributed by atoms with Gasteiger partial charge in [-0.05, 0) is 49.7 Å². The highest BCUT2D eigenvalue weighted by Gasteiger charge is 2.20. The molecule has 0 atom stereocenters. The van der Waals surface area contributed by atoms with E-state index in [2.05, 4.69) is 10.5 Å². The Labute approximate surface area is 191 Å². The number of carbonyl (C=O) groups excluding carboxylic acids is 2. The number of amides is 2. The molecule has 9 heteroatoms. The summed E-state index contributed by atoms with van der Waals surface area (Å²) >= 11 is 0. The highest BCUT2D eigenvalue weighted by molar-refractivity contribution is 6.08. The van der Waals surface area contributed by atoms with Crippen LogP contribution in [0.3, 0.4) is 0 Å². The Bertz CT molecular complexity index is 1100. The van der Waals surface area contributed by atoms with Crippen molar-refractivity contribution in [1.29, 1.82) is 0 Å². The van der Waals surface area contributed by atoms with Gasteiger partial charge in [-0.3, -0.25) is 9.59 Å². The van der Waals surface area contributed by atoms with Crippen molar-refractivity contribution in [3.8, 4) is 5.75 Å². The molecule has 0 saturated carbocycles. The number of rotatable bonds is 10. The third kappa shape index (κ3) is 6.39. The molecule has 0 bridgehead atoms. The van der Waals surface area contributed by atoms with Gasteiger partial charge in [0.25, 0.3) is 11.8 Å². The first kappa shape index (κ1) is 23.9. The maximum atomic E-state index is 13.2. The van der Waals surface area contributed by atoms with E-state index in [1.807, 2.05) is 6.92 Å². The summed E-state index contributed by atoms with van der Waals surface area (Å²) in [4.78, 5) is 27.4. The summed E-state index contributed by atoms with van der Waals surface area (Å²) < 4.78 is 29.2. The largest absolute Gasteiger partial charge is 0.488 e. The average Bonchev–Trinajstić information content (AvgIpc) is 3.22. The standard InChI is InChI=1S/C24H26FN3O5/c1-4-31-12-11-28(3)24(30)18-7-10-22(32-14-17-5-8-19(25)9-6-17)20(13-18)23(29)26-21-15-33-27-16(21)2/h5-10,13,15H,4,11-12,14H2,1-3H3,(H,26,29). The molecular formula is C24H26FN3O5. The second kappa shape index (κ2) is 11.2. The van der Waals surface area contributed by atoms with Gasteiger partial charge in [0.1, 0.15) is 35.8 Å². The first-order valence-electron chi connectivity index (χ1n) is 10.5. The van der Waals surface area contributed by atoms with Gasteiger partial charge in [-0.25, -0.2) is 4.39 Å². The predicted octanol–water partition coefficient (Wildman–Crippen LogP) is 4.06. The summed E-state index contributed by atoms with van der Waals surface area (Å²) in [5.41, 5.74) is 2.15. The van der Waals surface area contributed by atoms with Crippen LogP contribution in [0.1, 0.15) is 38.9 Å². The van der Waals surface area contributed by atoms with Crippen molar-refractivity contribution in [3.05, 3.63) is 76.9 Å². The molecule has 174 valence electrons. The van der Waals surface area contributed by atoms with Crippen LogP contribution in [0.25, 0.3) is 0 Å². The molecule has 0 aliphatic carbocycles. The Morgan fingerprint density at radius 1 is 1.18 bits per heavy atom. The molecular weight excluding hydrogens is 429 g/mol. The maximum Gasteiger partial charge on any atom is 0.259 e. The molecule has 1 aromatic heterocycles. The summed E-state index contributed by atoms with van der Waals surface area (Å²) in [6.07, 6.45) is 1.32. The van der Waals surface area contributed by atoms with Crippen LogP contribution in [0.2, 0.25) is 0 Å². The minimum atomic E-state index is -0.484. The third-order valence-electron chi connectivity index (χ3n) is 4.90. The van der Waals surface area contributed by atoms with Crippen LogP contribution in [-0.2, 0) is 11.3 Å². The van der Waals surface area contributed by atoms with Crippen LogP contribution in [0.5, 0.6) is 5.75 Å². The first-order valence-corrected chi connectivity index (χ1v) is 10.5. The molecule has 2 amide bonds. The van der Waals surface area contributed by atoms with E-state index in [0.29, 0.717) is 36.7 Å². The monoisotopic (exact) mass is 455 g/mol. The Morgan fingerprint density at radius 3 is 2.61 bits per heavy atom. The van der Waals surface area contributed by atoms with Crippen LogP contribution in [0, 0.1) is 12.7 Å². The Morgan fingerprint density at radius 2 is 1.94 bits per heavy atom. The number of benzene rings is 2. The molecule has 0 spiro atoms. The molecule has 33 heavy (non-hydrogen) atoms. The fourth-order valence-electron chi connectivity index (χ4n) is 2.98. The lowest BCUT2D eigenvalue weighted by Crippen LogP contribution is -2.30. The lowest BCUT2D eigenvalue weighted by molar-refractivity contribution is 0.0710. The molecule has 0 unspecified atom stereocenters. The van der Waals surface area contributed by atoms with Gasteiger partial charge in [-0.2, -0.15) is 0 Å². The van der Waals surface area contributed by atoms with Crippen LogP contribution < -0.4 is 10.1 Å². The highest BCUT2D eigenvalue weighted by Crippen LogP contribution is 2.24. The van der Waals surface area contributed by atoms with Crippen molar-refractivity contribution in [2.24, 2.45) is 0 Å². The topological polar surface area (TPSA) is 93.9 Å². The normalized spacial score (nSPS) is 10.7. The Kier molecular flexibility index (Phi) is 8.15. The van der Waals surface area contributed by atoms with E-state index in [1.54, 1.807) is 38.2 Å². The van der Waals surface area contributed by atoms with E-state index in [9.17, 15) is 14.0 Å². The van der Waals surface area contributed by atoms with E-state index < -0.39 is 5.91 Å². The van der Waals surface area contributed by atoms with Gasteiger partial charge in [-0.1, -0.05) is 17.3 Å². The van der Waals surface area contributed by atoms with Gasteiger partial charge in [0.2, 0.25) is 0 Å². The average molecular weight is 455 g/mol. The van der Waals surface area contributed by atoms with Crippen molar-refractivity contribution in [1.82, 2.24) is 10.1 Å². The number of ether oxygens (including phenoxy) is 2. The van der Waals surface area contributed by atoms with Gasteiger partial charge in [-0.15, -0.1) is 0 Å². The van der Waals surface area contributed by atoms with E-state index in [4.69, 9.17) is 14.0 Å². The molecule has 1 N–H and O–H groups in total. The molecule has 0 saturated heterocycles. The minimum absolute atomic E-state index is 0.119. The number of aromatic nitrogens is 1. The number of nitrogens with zero attached hydrogens (tertiary/aromatic N) is 2. The van der Waals surface area contributed by atoms with E-state index in [1.165, 1.54) is 29.4 Å². The zero-order valence-electron chi connectivity index (χ0n) is 18.8. The van der Waals surface area contributed by atoms with Crippen LogP contribution in [0.4, 0.5) is 10.1 Å². The van der Waals surface area contributed by atoms with Crippen LogP contribution >= 0.6 is 0 Å². The van der Waals surface area contributed by atoms with Crippen molar-refractivity contribution >= 4 is 17.5 Å². The molecule has 1 heterocycles. The minimum Gasteiger partial charge on any atom is -0.488 e. The molecule has 0 fully saturated rings. The second-order valence-electron chi connectivity index (χ2n) is 7.32. The van der Waals surface area contributed by atoms with Crippen molar-refractivity contribution < 1.29 is 28.0 Å². The van der Waals surface area contributed by atoms with Crippen molar-refractivity contribution in [2.45, 2.75) is 20.5 Å². The molecule has 8 nitrogen and oxygen atoms in total. The van der Waals surface area contributed by atoms with E-state index in [-0.39, 0.29) is 29.6 Å². The molecule has 3 aromatic rings. The van der Waals surface area contributed by atoms with Crippen molar-refractivity contribution in [3.63, 3.8) is 0 Å². The number of carbonyl (C=O) groups is 2. The third-order valence-corrected chi connectivity index (χ3v) is 4.90. The van der Waals surface area contributed by atoms with E-state index >= 15 is 0 Å². The second-order valence-corrected chi connectivity index (χ2v) is 7.32. The summed E-state index contributed by atoms with van der Waals surface area (Å²) in [6, 6.07) is 10.5. The Balaban J connectivity index is 1.84. The quantitative estimate of drug-likeness (QED) is 0.464. The highest BCUT2D eigenvalue weighted by atomic mass is 19.1. The molecule has 3 rings (SSSR count). The summed E-state index contributed by atoms with van der Waals surface area (Å²) in [6.45, 7) is 5.09. The molecule has 0 aliphatic heterocycles. The van der Waals surface area contributed by atoms with Crippen molar-refractivity contribution in [2.75, 3.05) is 32.1 Å². The van der Waals surface area contributed by atoms with Gasteiger partial charge < -0.3 is 24.2 Å².